The van der Waals surface area contributed by atoms with Gasteiger partial charge in [0.15, 0.2) is 0 Å². The summed E-state index contributed by atoms with van der Waals surface area (Å²) >= 11 is 0. The molecule has 2 aromatic heterocycles. The highest BCUT2D eigenvalue weighted by Gasteiger charge is 2.27. The molecule has 11 nitrogen and oxygen atoms in total. The first-order chi connectivity index (χ1) is 21.1. The highest BCUT2D eigenvalue weighted by atomic mass is 16.6. The number of pyridine rings is 2. The van der Waals surface area contributed by atoms with Gasteiger partial charge < -0.3 is 25.0 Å². The third-order valence-corrected chi connectivity index (χ3v) is 9.30. The normalized spacial score (nSPS) is 20.6. The van der Waals surface area contributed by atoms with Gasteiger partial charge in [0.25, 0.3) is 0 Å². The van der Waals surface area contributed by atoms with Crippen LogP contribution in [0.25, 0.3) is 0 Å². The summed E-state index contributed by atoms with van der Waals surface area (Å²) in [4.78, 5) is 30.1. The van der Waals surface area contributed by atoms with Crippen molar-refractivity contribution >= 4 is 29.1 Å². The Morgan fingerprint density at radius 3 is 1.81 bits per heavy atom. The van der Waals surface area contributed by atoms with E-state index in [1.165, 1.54) is 70.1 Å². The smallest absolute Gasteiger partial charge is 0.412 e. The van der Waals surface area contributed by atoms with Crippen molar-refractivity contribution in [2.75, 3.05) is 93.5 Å². The van der Waals surface area contributed by atoms with E-state index in [9.17, 15) is 4.79 Å². The van der Waals surface area contributed by atoms with Gasteiger partial charge in [-0.15, -0.1) is 0 Å². The van der Waals surface area contributed by atoms with E-state index in [1.807, 2.05) is 18.2 Å². The van der Waals surface area contributed by atoms with Crippen molar-refractivity contribution in [2.24, 2.45) is 0 Å². The number of piperazine rings is 2. The van der Waals surface area contributed by atoms with Gasteiger partial charge in [-0.05, 0) is 37.8 Å². The first kappa shape index (κ1) is 31.3. The van der Waals surface area contributed by atoms with E-state index >= 15 is 0 Å². The minimum absolute atomic E-state index is 0.227. The molecule has 4 fully saturated rings. The summed E-state index contributed by atoms with van der Waals surface area (Å²) in [6.07, 6.45) is 14.1. The first-order valence-electron chi connectivity index (χ1n) is 16.2. The van der Waals surface area contributed by atoms with Crippen LogP contribution in [0.15, 0.2) is 36.7 Å². The molecule has 2 aliphatic heterocycles. The van der Waals surface area contributed by atoms with Crippen molar-refractivity contribution < 1.29 is 14.3 Å². The molecule has 2 aromatic rings. The van der Waals surface area contributed by atoms with Gasteiger partial charge in [-0.1, -0.05) is 25.7 Å². The number of carbonyl (C=O) groups is 1. The zero-order chi connectivity index (χ0) is 29.9. The zero-order valence-corrected chi connectivity index (χ0v) is 25.8. The number of anilines is 4. The van der Waals surface area contributed by atoms with Crippen molar-refractivity contribution in [3.8, 4) is 0 Å². The Morgan fingerprint density at radius 2 is 1.30 bits per heavy atom. The lowest BCUT2D eigenvalue weighted by atomic mass is 10.1. The minimum Gasteiger partial charge on any atom is -0.447 e. The average Bonchev–Trinajstić information content (AvgIpc) is 3.78. The molecule has 3 N–H and O–H groups in total. The van der Waals surface area contributed by atoms with Crippen LogP contribution in [-0.4, -0.2) is 111 Å². The van der Waals surface area contributed by atoms with Crippen LogP contribution in [0.4, 0.5) is 27.8 Å². The summed E-state index contributed by atoms with van der Waals surface area (Å²) in [5, 5.41) is 2.67. The standard InChI is InChI=1S/C18H28N4O3.C14H22N4/c1-24-12-13-25-18(23)20-17-14-16(6-7-19-17)22-10-8-21(9-11-22)15-4-2-3-5-15;15-14-11-13(5-6-16-14)18-9-7-17(8-10-18)12-3-1-2-4-12/h6-7,14-15H,2-5,8-13H2,1H3,(H,19,20,23);5-6,11-12H,1-4,7-10H2,(H2,15,16). The molecule has 2 aliphatic carbocycles. The summed E-state index contributed by atoms with van der Waals surface area (Å²) in [7, 11) is 1.57. The van der Waals surface area contributed by atoms with E-state index in [-0.39, 0.29) is 6.61 Å². The average molecular weight is 595 g/mol. The minimum atomic E-state index is -0.507. The van der Waals surface area contributed by atoms with Crippen molar-refractivity contribution in [3.63, 3.8) is 0 Å². The second kappa shape index (κ2) is 16.1. The topological polar surface area (TPSA) is 112 Å². The molecule has 4 heterocycles. The van der Waals surface area contributed by atoms with E-state index in [4.69, 9.17) is 15.2 Å². The van der Waals surface area contributed by atoms with Gasteiger partial charge in [-0.2, -0.15) is 0 Å². The van der Waals surface area contributed by atoms with Crippen LogP contribution >= 0.6 is 0 Å². The number of methoxy groups -OCH3 is 1. The molecule has 0 atom stereocenters. The maximum Gasteiger partial charge on any atom is 0.412 e. The van der Waals surface area contributed by atoms with Gasteiger partial charge in [-0.3, -0.25) is 15.1 Å². The monoisotopic (exact) mass is 594 g/mol. The molecule has 0 unspecified atom stereocenters. The van der Waals surface area contributed by atoms with Gasteiger partial charge in [0.2, 0.25) is 0 Å². The van der Waals surface area contributed by atoms with E-state index in [0.717, 1.165) is 57.0 Å². The summed E-state index contributed by atoms with van der Waals surface area (Å²) in [5.74, 6) is 1.13. The summed E-state index contributed by atoms with van der Waals surface area (Å²) < 4.78 is 9.86. The van der Waals surface area contributed by atoms with Crippen molar-refractivity contribution in [2.45, 2.75) is 63.5 Å². The van der Waals surface area contributed by atoms with Gasteiger partial charge in [0, 0.05) is 107 Å². The maximum atomic E-state index is 11.7. The molecule has 0 radical (unpaired) electrons. The van der Waals surface area contributed by atoms with Gasteiger partial charge in [0.05, 0.1) is 6.61 Å². The van der Waals surface area contributed by atoms with Crippen molar-refractivity contribution in [1.29, 1.82) is 0 Å². The molecule has 4 aliphatic rings. The van der Waals surface area contributed by atoms with Crippen LogP contribution in [0.2, 0.25) is 0 Å². The highest BCUT2D eigenvalue weighted by molar-refractivity contribution is 5.84. The Labute approximate surface area is 256 Å². The molecule has 0 bridgehead atoms. The van der Waals surface area contributed by atoms with E-state index in [0.29, 0.717) is 18.2 Å². The lowest BCUT2D eigenvalue weighted by Gasteiger charge is -2.39. The number of aromatic nitrogens is 2. The number of ether oxygens (including phenoxy) is 2. The Balaban J connectivity index is 0.000000180. The first-order valence-corrected chi connectivity index (χ1v) is 16.2. The van der Waals surface area contributed by atoms with E-state index in [1.54, 1.807) is 19.5 Å². The molecule has 0 aromatic carbocycles. The van der Waals surface area contributed by atoms with E-state index < -0.39 is 6.09 Å². The highest BCUT2D eigenvalue weighted by Crippen LogP contribution is 2.27. The van der Waals surface area contributed by atoms with Crippen LogP contribution in [0.1, 0.15) is 51.4 Å². The number of nitrogen functional groups attached to an aromatic ring is 1. The van der Waals surface area contributed by atoms with Crippen LogP contribution in [0, 0.1) is 0 Å². The third-order valence-electron chi connectivity index (χ3n) is 9.30. The van der Waals surface area contributed by atoms with Gasteiger partial charge in [0.1, 0.15) is 18.2 Å². The van der Waals surface area contributed by atoms with Crippen LogP contribution < -0.4 is 20.9 Å². The fourth-order valence-electron chi connectivity index (χ4n) is 6.91. The lowest BCUT2D eigenvalue weighted by molar-refractivity contribution is 0.107. The number of carbonyl (C=O) groups excluding carboxylic acids is 1. The molecule has 2 saturated heterocycles. The number of hydrogen-bond acceptors (Lipinski definition) is 10. The van der Waals surface area contributed by atoms with Gasteiger partial charge in [-0.25, -0.2) is 14.8 Å². The number of amides is 1. The summed E-state index contributed by atoms with van der Waals surface area (Å²) in [6.45, 7) is 9.44. The molecule has 1 amide bonds. The Morgan fingerprint density at radius 1 is 0.791 bits per heavy atom. The van der Waals surface area contributed by atoms with Crippen LogP contribution in [0.3, 0.4) is 0 Å². The Hall–Kier alpha value is -3.15. The molecule has 11 heteroatoms. The Bertz CT molecular complexity index is 1130. The second-order valence-corrected chi connectivity index (χ2v) is 12.0. The van der Waals surface area contributed by atoms with Crippen LogP contribution in [-0.2, 0) is 9.47 Å². The summed E-state index contributed by atoms with van der Waals surface area (Å²) in [5.41, 5.74) is 8.05. The molecular weight excluding hydrogens is 544 g/mol. The molecule has 236 valence electrons. The maximum absolute atomic E-state index is 11.7. The number of rotatable bonds is 8. The predicted octanol–water partition coefficient (Wildman–Crippen LogP) is 4.07. The number of hydrogen-bond donors (Lipinski definition) is 2. The van der Waals surface area contributed by atoms with Crippen molar-refractivity contribution in [3.05, 3.63) is 36.7 Å². The molecule has 43 heavy (non-hydrogen) atoms. The molecule has 2 saturated carbocycles. The molecule has 6 rings (SSSR count). The molecule has 0 spiro atoms. The quantitative estimate of drug-likeness (QED) is 0.434. The zero-order valence-electron chi connectivity index (χ0n) is 25.8. The number of nitrogens with zero attached hydrogens (tertiary/aromatic N) is 6. The summed E-state index contributed by atoms with van der Waals surface area (Å²) in [6, 6.07) is 9.58. The predicted molar refractivity (Wildman–Crippen MR) is 172 cm³/mol. The Kier molecular flexibility index (Phi) is 11.7. The largest absolute Gasteiger partial charge is 0.447 e. The fourth-order valence-corrected chi connectivity index (χ4v) is 6.91. The van der Waals surface area contributed by atoms with Gasteiger partial charge >= 0.3 is 6.09 Å². The number of nitrogens with one attached hydrogen (secondary N) is 1. The third kappa shape index (κ3) is 9.17. The second-order valence-electron chi connectivity index (χ2n) is 12.0. The SMILES string of the molecule is COCCOC(=O)Nc1cc(N2CCN(C3CCCC3)CC2)ccn1.Nc1cc(N2CCN(C3CCCC3)CC2)ccn1. The number of nitrogens with two attached hydrogens (primary N) is 1. The van der Waals surface area contributed by atoms with Crippen molar-refractivity contribution in [1.82, 2.24) is 19.8 Å². The van der Waals surface area contributed by atoms with E-state index in [2.05, 4.69) is 41.0 Å². The molecular formula is C32H50N8O3. The lowest BCUT2D eigenvalue weighted by Crippen LogP contribution is -2.49. The van der Waals surface area contributed by atoms with Crippen LogP contribution in [0.5, 0.6) is 0 Å². The fraction of sp³-hybridized carbons (Fsp3) is 0.656.